The number of ether oxygens (including phenoxy) is 2. The molecule has 7 heteroatoms. The van der Waals surface area contributed by atoms with Crippen LogP contribution in [0, 0.1) is 5.41 Å². The van der Waals surface area contributed by atoms with Crippen LogP contribution in [0.2, 0.25) is 0 Å². The summed E-state index contributed by atoms with van der Waals surface area (Å²) in [6, 6.07) is 0. The van der Waals surface area contributed by atoms with E-state index in [-0.39, 0.29) is 25.4 Å². The van der Waals surface area contributed by atoms with E-state index in [0.29, 0.717) is 0 Å². The van der Waals surface area contributed by atoms with E-state index >= 15 is 0 Å². The number of halogens is 1. The van der Waals surface area contributed by atoms with Gasteiger partial charge < -0.3 is 9.47 Å². The summed E-state index contributed by atoms with van der Waals surface area (Å²) < 4.78 is 12.2. The number of carbonyl (C=O) groups is 2. The molecule has 1 atom stereocenters. The van der Waals surface area contributed by atoms with Gasteiger partial charge in [0.25, 0.3) is 0 Å². The van der Waals surface area contributed by atoms with Crippen molar-refractivity contribution in [1.82, 2.24) is 9.78 Å². The van der Waals surface area contributed by atoms with Crippen molar-refractivity contribution in [2.24, 2.45) is 12.5 Å². The van der Waals surface area contributed by atoms with Crippen LogP contribution in [0.25, 0.3) is 0 Å². The molecule has 1 aromatic heterocycles. The third-order valence-electron chi connectivity index (χ3n) is 3.12. The van der Waals surface area contributed by atoms with Gasteiger partial charge in [-0.25, -0.2) is 0 Å². The number of hydrogen-bond donors (Lipinski definition) is 0. The van der Waals surface area contributed by atoms with E-state index in [2.05, 4.69) is 21.0 Å². The molecular formula is C11H13BrN2O4. The molecule has 0 aliphatic carbocycles. The van der Waals surface area contributed by atoms with Crippen LogP contribution in [0.1, 0.15) is 5.56 Å². The molecule has 18 heavy (non-hydrogen) atoms. The number of nitrogens with zero attached hydrogens (tertiary/aromatic N) is 2. The van der Waals surface area contributed by atoms with E-state index in [9.17, 15) is 9.59 Å². The average Bonchev–Trinajstić information content (AvgIpc) is 2.87. The van der Waals surface area contributed by atoms with Gasteiger partial charge in [-0.2, -0.15) is 5.10 Å². The van der Waals surface area contributed by atoms with Crippen molar-refractivity contribution in [2.75, 3.05) is 20.3 Å². The maximum Gasteiger partial charge on any atom is 0.322 e. The normalized spacial score (nSPS) is 23.4. The Hall–Kier alpha value is -1.21. The molecule has 0 N–H and O–H groups in total. The highest BCUT2D eigenvalue weighted by Crippen LogP contribution is 2.33. The number of aryl methyl sites for hydroxylation is 1. The van der Waals surface area contributed by atoms with Gasteiger partial charge in [0.1, 0.15) is 11.2 Å². The lowest BCUT2D eigenvalue weighted by molar-refractivity contribution is -0.156. The highest BCUT2D eigenvalue weighted by Gasteiger charge is 2.51. The van der Waals surface area contributed by atoms with E-state index in [4.69, 9.17) is 9.47 Å². The van der Waals surface area contributed by atoms with Gasteiger partial charge in [0.2, 0.25) is 0 Å². The van der Waals surface area contributed by atoms with Crippen molar-refractivity contribution in [1.29, 1.82) is 0 Å². The maximum atomic E-state index is 12.0. The van der Waals surface area contributed by atoms with Crippen molar-refractivity contribution in [3.8, 4) is 0 Å². The molecule has 1 aliphatic heterocycles. The molecule has 0 spiro atoms. The minimum atomic E-state index is -1.24. The second kappa shape index (κ2) is 4.81. The Morgan fingerprint density at radius 1 is 1.72 bits per heavy atom. The Bertz CT molecular complexity index is 499. The monoisotopic (exact) mass is 316 g/mol. The first-order valence-electron chi connectivity index (χ1n) is 5.37. The summed E-state index contributed by atoms with van der Waals surface area (Å²) >= 11 is 3.37. The Balaban J connectivity index is 2.35. The summed E-state index contributed by atoms with van der Waals surface area (Å²) in [5, 5.41) is 4.07. The van der Waals surface area contributed by atoms with Gasteiger partial charge in [-0.1, -0.05) is 0 Å². The van der Waals surface area contributed by atoms with Gasteiger partial charge in [0.15, 0.2) is 11.2 Å². The number of Topliss-reactive ketones (excluding diaryl/α,β-unsaturated/α-hetero) is 1. The smallest absolute Gasteiger partial charge is 0.322 e. The van der Waals surface area contributed by atoms with Crippen molar-refractivity contribution < 1.29 is 19.1 Å². The predicted octanol–water partition coefficient (Wildman–Crippen LogP) is 0.484. The second-order valence-electron chi connectivity index (χ2n) is 4.25. The molecule has 98 valence electrons. The quantitative estimate of drug-likeness (QED) is 0.599. The van der Waals surface area contributed by atoms with E-state index in [0.717, 1.165) is 10.2 Å². The Morgan fingerprint density at radius 3 is 2.89 bits per heavy atom. The number of aromatic nitrogens is 2. The van der Waals surface area contributed by atoms with Gasteiger partial charge in [0.05, 0.1) is 19.9 Å². The summed E-state index contributed by atoms with van der Waals surface area (Å²) in [4.78, 5) is 23.9. The molecule has 0 aromatic carbocycles. The molecule has 1 aliphatic rings. The maximum absolute atomic E-state index is 12.0. The molecule has 1 aromatic rings. The first-order valence-corrected chi connectivity index (χ1v) is 6.16. The fourth-order valence-corrected chi connectivity index (χ4v) is 2.37. The zero-order valence-corrected chi connectivity index (χ0v) is 11.7. The molecule has 1 saturated heterocycles. The highest BCUT2D eigenvalue weighted by atomic mass is 79.9. The Labute approximate surface area is 112 Å². The predicted molar refractivity (Wildman–Crippen MR) is 64.9 cm³/mol. The summed E-state index contributed by atoms with van der Waals surface area (Å²) in [6.45, 7) is 0.00677. The molecule has 2 rings (SSSR count). The number of hydrogen-bond acceptors (Lipinski definition) is 5. The number of carbonyl (C=O) groups excluding carboxylic acids is 2. The summed E-state index contributed by atoms with van der Waals surface area (Å²) in [7, 11) is 3.04. The van der Waals surface area contributed by atoms with Crippen molar-refractivity contribution >= 4 is 27.7 Å². The average molecular weight is 317 g/mol. The van der Waals surface area contributed by atoms with E-state index in [1.807, 2.05) is 0 Å². The fourth-order valence-electron chi connectivity index (χ4n) is 2.04. The minimum Gasteiger partial charge on any atom is -0.468 e. The highest BCUT2D eigenvalue weighted by molar-refractivity contribution is 9.10. The minimum absolute atomic E-state index is 0.0486. The van der Waals surface area contributed by atoms with Crippen LogP contribution in [-0.2, 0) is 32.5 Å². The first-order chi connectivity index (χ1) is 8.51. The first kappa shape index (κ1) is 13.2. The molecule has 2 heterocycles. The Kier molecular flexibility index (Phi) is 3.54. The molecular weight excluding hydrogens is 304 g/mol. The lowest BCUT2D eigenvalue weighted by Crippen LogP contribution is -2.41. The van der Waals surface area contributed by atoms with Crippen LogP contribution in [0.15, 0.2) is 10.8 Å². The van der Waals surface area contributed by atoms with E-state index in [1.54, 1.807) is 17.9 Å². The van der Waals surface area contributed by atoms with Crippen LogP contribution >= 0.6 is 15.9 Å². The SMILES string of the molecule is COC(=O)C1(Cc2cnn(C)c2Br)COCC1=O. The number of methoxy groups -OCH3 is 1. The molecule has 0 amide bonds. The summed E-state index contributed by atoms with van der Waals surface area (Å²) in [6.07, 6.45) is 1.85. The van der Waals surface area contributed by atoms with Crippen molar-refractivity contribution in [3.63, 3.8) is 0 Å². The van der Waals surface area contributed by atoms with Gasteiger partial charge in [-0.3, -0.25) is 14.3 Å². The third-order valence-corrected chi connectivity index (χ3v) is 4.14. The standard InChI is InChI=1S/C11H13BrN2O4/c1-14-9(12)7(4-13-14)3-11(10(16)17-2)6-18-5-8(11)15/h4H,3,5-6H2,1-2H3. The lowest BCUT2D eigenvalue weighted by Gasteiger charge is -2.22. The molecule has 0 radical (unpaired) electrons. The van der Waals surface area contributed by atoms with Gasteiger partial charge in [-0.05, 0) is 15.9 Å². The zero-order chi connectivity index (χ0) is 13.3. The van der Waals surface area contributed by atoms with Gasteiger partial charge in [0, 0.05) is 19.0 Å². The molecule has 1 fully saturated rings. The van der Waals surface area contributed by atoms with Crippen molar-refractivity contribution in [3.05, 3.63) is 16.4 Å². The summed E-state index contributed by atoms with van der Waals surface area (Å²) in [5.74, 6) is -0.800. The molecule has 1 unspecified atom stereocenters. The third kappa shape index (κ3) is 1.97. The van der Waals surface area contributed by atoms with Gasteiger partial charge in [-0.15, -0.1) is 0 Å². The molecule has 0 saturated carbocycles. The largest absolute Gasteiger partial charge is 0.468 e. The van der Waals surface area contributed by atoms with Crippen LogP contribution in [0.5, 0.6) is 0 Å². The van der Waals surface area contributed by atoms with Crippen molar-refractivity contribution in [2.45, 2.75) is 6.42 Å². The van der Waals surface area contributed by atoms with Crippen LogP contribution in [0.4, 0.5) is 0 Å². The van der Waals surface area contributed by atoms with E-state index < -0.39 is 11.4 Å². The van der Waals surface area contributed by atoms with Crippen LogP contribution in [0.3, 0.4) is 0 Å². The van der Waals surface area contributed by atoms with Gasteiger partial charge >= 0.3 is 5.97 Å². The summed E-state index contributed by atoms with van der Waals surface area (Å²) in [5.41, 5.74) is -0.456. The fraction of sp³-hybridized carbons (Fsp3) is 0.545. The number of esters is 1. The zero-order valence-electron chi connectivity index (χ0n) is 10.1. The lowest BCUT2D eigenvalue weighted by atomic mass is 9.80. The molecule has 6 nitrogen and oxygen atoms in total. The van der Waals surface area contributed by atoms with E-state index in [1.165, 1.54) is 7.11 Å². The second-order valence-corrected chi connectivity index (χ2v) is 5.00. The molecule has 0 bridgehead atoms. The van der Waals surface area contributed by atoms with Crippen LogP contribution < -0.4 is 0 Å². The number of ketones is 1. The topological polar surface area (TPSA) is 70.4 Å². The van der Waals surface area contributed by atoms with Crippen LogP contribution in [-0.4, -0.2) is 41.9 Å². The Morgan fingerprint density at radius 2 is 2.44 bits per heavy atom. The number of rotatable bonds is 3.